The molecule has 1 rings (SSSR count). The Labute approximate surface area is 347 Å². The standard InChI is InChI=1S/C23H42O5.C11H21IO2.C9H9NO2S/c1-7-27-20(25)22(3,4)17-13-9-11-15-19(24)16-12-10-14-18-23(5,6)21(26)28-8-2;1-4-14-10(13)11(2,3)8-6-5-7-9-12;1-8-3-5-9(6-4-8)13(11,12)7-10-2/h7-18H2,1-6H3;4-9H2,1-3H3;3-6H,7H2,1H3. The first-order valence-electron chi connectivity index (χ1n) is 19.9. The van der Waals surface area contributed by atoms with Crippen molar-refractivity contribution in [1.82, 2.24) is 0 Å². The van der Waals surface area contributed by atoms with Gasteiger partial charge in [-0.3, -0.25) is 24.0 Å². The van der Waals surface area contributed by atoms with Crippen molar-refractivity contribution in [2.24, 2.45) is 16.2 Å². The van der Waals surface area contributed by atoms with E-state index in [1.54, 1.807) is 12.1 Å². The number of hydrogen-bond donors (Lipinski definition) is 0. The van der Waals surface area contributed by atoms with Crippen LogP contribution in [-0.4, -0.2) is 62.2 Å². The predicted octanol–water partition coefficient (Wildman–Crippen LogP) is 10.9. The van der Waals surface area contributed by atoms with Crippen LogP contribution in [0.5, 0.6) is 0 Å². The van der Waals surface area contributed by atoms with E-state index in [1.807, 2.05) is 69.2 Å². The summed E-state index contributed by atoms with van der Waals surface area (Å²) in [6.07, 6.45) is 12.9. The van der Waals surface area contributed by atoms with Crippen LogP contribution in [0, 0.1) is 29.7 Å². The highest BCUT2D eigenvalue weighted by molar-refractivity contribution is 14.1. The van der Waals surface area contributed by atoms with E-state index in [4.69, 9.17) is 20.8 Å². The Morgan fingerprint density at radius 3 is 1.27 bits per heavy atom. The SMILES string of the molecule is CCOC(=O)C(C)(C)CCCCCC(=O)CCCCCC(C)(C)C(=O)OCC.CCOC(=O)C(C)(C)CCCCCI.[C-]#[N+]CS(=O)(=O)c1ccc(C)cc1. The number of esters is 3. The number of carbonyl (C=O) groups excluding carboxylic acids is 4. The average Bonchev–Trinajstić information content (AvgIpc) is 3.11. The number of hydrogen-bond acceptors (Lipinski definition) is 9. The Balaban J connectivity index is 0. The summed E-state index contributed by atoms with van der Waals surface area (Å²) in [6, 6.07) is 6.49. The van der Waals surface area contributed by atoms with Crippen LogP contribution in [0.3, 0.4) is 0 Å². The van der Waals surface area contributed by atoms with Crippen LogP contribution in [0.2, 0.25) is 0 Å². The van der Waals surface area contributed by atoms with E-state index in [0.29, 0.717) is 38.4 Å². The van der Waals surface area contributed by atoms with E-state index in [9.17, 15) is 27.6 Å². The third kappa shape index (κ3) is 26.1. The zero-order chi connectivity index (χ0) is 42.6. The smallest absolute Gasteiger partial charge is 0.316 e. The predicted molar refractivity (Wildman–Crippen MR) is 230 cm³/mol. The largest absolute Gasteiger partial charge is 0.466 e. The second-order valence-electron chi connectivity index (χ2n) is 15.7. The monoisotopic (exact) mass is 905 g/mol. The van der Waals surface area contributed by atoms with Crippen molar-refractivity contribution >= 4 is 56.1 Å². The number of benzene rings is 1. The number of halogens is 1. The quantitative estimate of drug-likeness (QED) is 0.0235. The highest BCUT2D eigenvalue weighted by Gasteiger charge is 2.30. The molecule has 0 saturated heterocycles. The lowest BCUT2D eigenvalue weighted by Crippen LogP contribution is -2.26. The van der Waals surface area contributed by atoms with Gasteiger partial charge in [0.15, 0.2) is 0 Å². The number of nitrogens with zero attached hydrogens (tertiary/aromatic N) is 1. The molecule has 12 heteroatoms. The fourth-order valence-corrected chi connectivity index (χ4v) is 6.69. The number of rotatable bonds is 25. The molecule has 0 N–H and O–H groups in total. The molecule has 1 aromatic carbocycles. The zero-order valence-electron chi connectivity index (χ0n) is 35.7. The number of carbonyl (C=O) groups is 4. The Morgan fingerprint density at radius 1 is 0.618 bits per heavy atom. The van der Waals surface area contributed by atoms with E-state index in [1.165, 1.54) is 29.4 Å². The molecule has 0 aliphatic carbocycles. The molecule has 0 bridgehead atoms. The maximum atomic E-state index is 12.0. The van der Waals surface area contributed by atoms with Gasteiger partial charge >= 0.3 is 23.8 Å². The van der Waals surface area contributed by atoms with Crippen molar-refractivity contribution < 1.29 is 41.8 Å². The molecule has 0 aliphatic rings. The first-order chi connectivity index (χ1) is 25.7. The van der Waals surface area contributed by atoms with Gasteiger partial charge in [-0.1, -0.05) is 78.8 Å². The highest BCUT2D eigenvalue weighted by atomic mass is 127. The molecule has 0 radical (unpaired) electrons. The fourth-order valence-electron chi connectivity index (χ4n) is 5.29. The van der Waals surface area contributed by atoms with Gasteiger partial charge in [0.25, 0.3) is 9.84 Å². The lowest BCUT2D eigenvalue weighted by atomic mass is 9.86. The molecule has 0 spiro atoms. The molecule has 0 saturated carbocycles. The van der Waals surface area contributed by atoms with Crippen LogP contribution in [0.4, 0.5) is 0 Å². The normalized spacial score (nSPS) is 11.5. The molecule has 0 amide bonds. The van der Waals surface area contributed by atoms with Gasteiger partial charge in [0, 0.05) is 12.8 Å². The third-order valence-corrected chi connectivity index (χ3v) is 11.3. The van der Waals surface area contributed by atoms with Crippen LogP contribution < -0.4 is 0 Å². The number of sulfone groups is 1. The van der Waals surface area contributed by atoms with Gasteiger partial charge < -0.3 is 14.2 Å². The summed E-state index contributed by atoms with van der Waals surface area (Å²) < 4.78 is 39.1. The minimum absolute atomic E-state index is 0.0607. The van der Waals surface area contributed by atoms with Gasteiger partial charge in [-0.05, 0) is 124 Å². The molecule has 0 fully saturated rings. The molecular weight excluding hydrogens is 833 g/mol. The van der Waals surface area contributed by atoms with Gasteiger partial charge in [0.1, 0.15) is 5.78 Å². The fraction of sp³-hybridized carbons (Fsp3) is 0.744. The third-order valence-electron chi connectivity index (χ3n) is 9.05. The van der Waals surface area contributed by atoms with Crippen molar-refractivity contribution in [1.29, 1.82) is 0 Å². The van der Waals surface area contributed by atoms with Crippen LogP contribution in [0.25, 0.3) is 4.85 Å². The van der Waals surface area contributed by atoms with Crippen LogP contribution >= 0.6 is 22.6 Å². The lowest BCUT2D eigenvalue weighted by molar-refractivity contribution is -0.154. The number of ether oxygens (including phenoxy) is 3. The minimum Gasteiger partial charge on any atom is -0.466 e. The molecule has 0 aromatic heterocycles. The number of ketones is 1. The summed E-state index contributed by atoms with van der Waals surface area (Å²) in [4.78, 5) is 50.3. The van der Waals surface area contributed by atoms with Crippen molar-refractivity contribution in [3.8, 4) is 0 Å². The summed E-state index contributed by atoms with van der Waals surface area (Å²) in [5, 5.41) is 0. The second-order valence-corrected chi connectivity index (χ2v) is 18.7. The molecular formula is C43H72INO9S. The Hall–Kier alpha value is -2.53. The number of alkyl halides is 1. The van der Waals surface area contributed by atoms with Gasteiger partial charge in [-0.2, -0.15) is 0 Å². The van der Waals surface area contributed by atoms with E-state index < -0.39 is 26.5 Å². The molecule has 1 aromatic rings. The molecule has 0 unspecified atom stereocenters. The van der Waals surface area contributed by atoms with Gasteiger partial charge in [0.2, 0.25) is 0 Å². The van der Waals surface area contributed by atoms with Crippen LogP contribution in [0.1, 0.15) is 158 Å². The van der Waals surface area contributed by atoms with Gasteiger partial charge in [-0.15, -0.1) is 0 Å². The van der Waals surface area contributed by atoms with Crippen LogP contribution in [-0.2, 0) is 43.2 Å². The summed E-state index contributed by atoms with van der Waals surface area (Å²) >= 11 is 2.38. The maximum absolute atomic E-state index is 12.0. The van der Waals surface area contributed by atoms with E-state index in [-0.39, 0.29) is 28.2 Å². The Kier molecular flexibility index (Phi) is 29.4. The summed E-state index contributed by atoms with van der Waals surface area (Å²) in [6.45, 7) is 26.8. The van der Waals surface area contributed by atoms with E-state index >= 15 is 0 Å². The van der Waals surface area contributed by atoms with Crippen molar-refractivity contribution in [2.75, 3.05) is 30.1 Å². The van der Waals surface area contributed by atoms with Crippen molar-refractivity contribution in [3.05, 3.63) is 41.2 Å². The number of unbranched alkanes of at least 4 members (excludes halogenated alkanes) is 6. The highest BCUT2D eigenvalue weighted by Crippen LogP contribution is 2.28. The maximum Gasteiger partial charge on any atom is 0.316 e. The summed E-state index contributed by atoms with van der Waals surface area (Å²) in [7, 11) is -3.38. The second kappa shape index (κ2) is 29.7. The topological polar surface area (TPSA) is 134 Å². The zero-order valence-corrected chi connectivity index (χ0v) is 38.6. The molecule has 10 nitrogen and oxygen atoms in total. The molecule has 0 heterocycles. The number of aryl methyl sites for hydroxylation is 1. The molecule has 0 atom stereocenters. The van der Waals surface area contributed by atoms with Gasteiger partial charge in [0.05, 0.1) is 41.0 Å². The molecule has 0 aliphatic heterocycles. The summed E-state index contributed by atoms with van der Waals surface area (Å²) in [5.74, 6) is -0.506. The summed E-state index contributed by atoms with van der Waals surface area (Å²) in [5.41, 5.74) is -0.197. The Bertz CT molecular complexity index is 1360. The van der Waals surface area contributed by atoms with E-state index in [2.05, 4.69) is 27.4 Å². The first kappa shape index (κ1) is 54.6. The van der Waals surface area contributed by atoms with Crippen molar-refractivity contribution in [3.63, 3.8) is 0 Å². The van der Waals surface area contributed by atoms with Crippen molar-refractivity contribution in [2.45, 2.75) is 164 Å². The minimum atomic E-state index is -3.38. The average molecular weight is 906 g/mol. The lowest BCUT2D eigenvalue weighted by Gasteiger charge is -2.22. The molecule has 316 valence electrons. The Morgan fingerprint density at radius 2 is 0.964 bits per heavy atom. The molecule has 55 heavy (non-hydrogen) atoms. The van der Waals surface area contributed by atoms with Gasteiger partial charge in [-0.25, -0.2) is 15.0 Å². The van der Waals surface area contributed by atoms with E-state index in [0.717, 1.165) is 69.8 Å². The number of Topliss-reactive ketones (excluding diaryl/α,β-unsaturated/α-hetero) is 1. The van der Waals surface area contributed by atoms with Crippen LogP contribution in [0.15, 0.2) is 29.2 Å². The first-order valence-corrected chi connectivity index (χ1v) is 23.1.